The number of thioether (sulfide) groups is 1. The average molecular weight is 539 g/mol. The Labute approximate surface area is 206 Å². The van der Waals surface area contributed by atoms with Crippen LogP contribution in [0, 0.1) is 0 Å². The molecule has 3 aliphatic rings. The van der Waals surface area contributed by atoms with Gasteiger partial charge in [0.05, 0.1) is 10.3 Å². The number of amides is 2. The Morgan fingerprint density at radius 1 is 1.38 bits per heavy atom. The molecule has 1 saturated carbocycles. The summed E-state index contributed by atoms with van der Waals surface area (Å²) < 4.78 is 4.35. The van der Waals surface area contributed by atoms with Crippen LogP contribution >= 0.6 is 58.2 Å². The Morgan fingerprint density at radius 2 is 2.12 bits per heavy atom. The van der Waals surface area contributed by atoms with E-state index in [0.717, 1.165) is 0 Å². The number of nitrogens with one attached hydrogen (secondary N) is 1. The summed E-state index contributed by atoms with van der Waals surface area (Å²) >= 11 is 24.4. The first-order valence-corrected chi connectivity index (χ1v) is 11.9. The van der Waals surface area contributed by atoms with Crippen molar-refractivity contribution in [3.8, 4) is 0 Å². The normalized spacial score (nSPS) is 30.5. The zero-order valence-corrected chi connectivity index (χ0v) is 20.2. The summed E-state index contributed by atoms with van der Waals surface area (Å²) in [6.45, 7) is 1.35. The maximum absolute atomic E-state index is 12.9. The number of β-lactam (4-membered cyclic amide) rings is 1. The lowest BCUT2D eigenvalue weighted by Gasteiger charge is -2.46. The van der Waals surface area contributed by atoms with Gasteiger partial charge in [0.15, 0.2) is 5.54 Å². The quantitative estimate of drug-likeness (QED) is 0.353. The average Bonchev–Trinajstić information content (AvgIpc) is 3.01. The smallest absolute Gasteiger partial charge is 0.333 e. The third kappa shape index (κ3) is 3.34. The van der Waals surface area contributed by atoms with Crippen LogP contribution in [-0.2, 0) is 25.7 Å². The van der Waals surface area contributed by atoms with E-state index in [1.54, 1.807) is 18.2 Å². The van der Waals surface area contributed by atoms with E-state index >= 15 is 0 Å². The van der Waals surface area contributed by atoms with E-state index in [1.165, 1.54) is 21.3 Å². The van der Waals surface area contributed by atoms with Crippen LogP contribution in [0.4, 0.5) is 0 Å². The van der Waals surface area contributed by atoms with Gasteiger partial charge in [0.1, 0.15) is 30.1 Å². The number of hydrogen-bond acceptors (Lipinski definition) is 7. The van der Waals surface area contributed by atoms with Crippen LogP contribution < -0.4 is 5.32 Å². The van der Waals surface area contributed by atoms with Crippen LogP contribution in [0.2, 0.25) is 5.02 Å². The second-order valence-electron chi connectivity index (χ2n) is 8.10. The van der Waals surface area contributed by atoms with Crippen molar-refractivity contribution in [3.63, 3.8) is 0 Å². The molecule has 3 fully saturated rings. The summed E-state index contributed by atoms with van der Waals surface area (Å²) in [4.78, 5) is 39.7. The van der Waals surface area contributed by atoms with Crippen molar-refractivity contribution in [1.29, 1.82) is 0 Å². The Hall–Kier alpha value is -1.46. The predicted molar refractivity (Wildman–Crippen MR) is 120 cm³/mol. The van der Waals surface area contributed by atoms with Gasteiger partial charge in [-0.15, -0.1) is 16.9 Å². The highest BCUT2D eigenvalue weighted by Gasteiger charge is 2.85. The molecule has 9 nitrogen and oxygen atoms in total. The third-order valence-electron chi connectivity index (χ3n) is 5.97. The Kier molecular flexibility index (Phi) is 5.07. The molecular formula is C18H15Cl4N5O4S. The highest BCUT2D eigenvalue weighted by atomic mass is 35.6. The highest BCUT2D eigenvalue weighted by molar-refractivity contribution is 8.02. The van der Waals surface area contributed by atoms with Crippen molar-refractivity contribution in [2.24, 2.45) is 0 Å². The van der Waals surface area contributed by atoms with E-state index in [0.29, 0.717) is 22.5 Å². The number of rotatable bonds is 5. The van der Waals surface area contributed by atoms with Crippen LogP contribution in [-0.4, -0.2) is 69.8 Å². The molecule has 2 aliphatic heterocycles. The maximum atomic E-state index is 12.9. The molecular weight excluding hydrogens is 524 g/mol. The highest BCUT2D eigenvalue weighted by Crippen LogP contribution is 2.72. The molecule has 5 rings (SSSR count). The number of carbonyl (C=O) groups is 3. The SMILES string of the molecule is CC12CC1(C(=O)OCC(Cl)(Cl)Cl)N1C(=O)C(NC(=O)Cn3nnc4cc(Cl)ccc43)[C@H]1S2. The van der Waals surface area contributed by atoms with Gasteiger partial charge >= 0.3 is 5.97 Å². The number of esters is 1. The van der Waals surface area contributed by atoms with Gasteiger partial charge in [-0.2, -0.15) is 0 Å². The molecule has 1 N–H and O–H groups in total. The molecule has 170 valence electrons. The van der Waals surface area contributed by atoms with Crippen molar-refractivity contribution in [1.82, 2.24) is 25.2 Å². The van der Waals surface area contributed by atoms with Gasteiger partial charge in [-0.05, 0) is 25.1 Å². The number of carbonyl (C=O) groups excluding carboxylic acids is 3. The van der Waals surface area contributed by atoms with Gasteiger partial charge < -0.3 is 15.0 Å². The second-order valence-corrected chi connectivity index (χ2v) is 12.7. The minimum atomic E-state index is -1.74. The fourth-order valence-corrected chi connectivity index (χ4v) is 6.62. The summed E-state index contributed by atoms with van der Waals surface area (Å²) in [6, 6.07) is 4.29. The molecule has 1 aromatic carbocycles. The molecule has 32 heavy (non-hydrogen) atoms. The van der Waals surface area contributed by atoms with Gasteiger partial charge in [-0.3, -0.25) is 9.59 Å². The fourth-order valence-electron chi connectivity index (χ4n) is 4.38. The zero-order valence-electron chi connectivity index (χ0n) is 16.4. The number of benzene rings is 1. The molecule has 3 unspecified atom stereocenters. The number of alkyl halides is 3. The predicted octanol–water partition coefficient (Wildman–Crippen LogP) is 2.30. The van der Waals surface area contributed by atoms with Crippen LogP contribution in [0.25, 0.3) is 11.0 Å². The van der Waals surface area contributed by atoms with Crippen LogP contribution in [0.15, 0.2) is 18.2 Å². The topological polar surface area (TPSA) is 106 Å². The van der Waals surface area contributed by atoms with Gasteiger partial charge in [-0.1, -0.05) is 51.6 Å². The van der Waals surface area contributed by atoms with Crippen molar-refractivity contribution >= 4 is 87.0 Å². The van der Waals surface area contributed by atoms with Gasteiger partial charge in [0, 0.05) is 11.4 Å². The minimum Gasteiger partial charge on any atom is -0.459 e. The van der Waals surface area contributed by atoms with E-state index in [2.05, 4.69) is 15.6 Å². The summed E-state index contributed by atoms with van der Waals surface area (Å²) in [5, 5.41) is 10.8. The Morgan fingerprint density at radius 3 is 2.84 bits per heavy atom. The molecule has 14 heteroatoms. The molecule has 2 amide bonds. The Balaban J connectivity index is 1.26. The second kappa shape index (κ2) is 7.27. The minimum absolute atomic E-state index is 0.118. The van der Waals surface area contributed by atoms with E-state index in [-0.39, 0.29) is 17.8 Å². The summed E-state index contributed by atoms with van der Waals surface area (Å²) in [7, 11) is 0. The fraction of sp³-hybridized carbons (Fsp3) is 0.500. The van der Waals surface area contributed by atoms with Crippen LogP contribution in [0.1, 0.15) is 13.3 Å². The number of ether oxygens (including phenoxy) is 1. The van der Waals surface area contributed by atoms with Crippen LogP contribution in [0.3, 0.4) is 0 Å². The molecule has 1 aromatic heterocycles. The third-order valence-corrected chi connectivity index (χ3v) is 8.26. The molecule has 2 saturated heterocycles. The van der Waals surface area contributed by atoms with Crippen LogP contribution in [0.5, 0.6) is 0 Å². The number of hydrogen-bond donors (Lipinski definition) is 1. The molecule has 4 atom stereocenters. The lowest BCUT2D eigenvalue weighted by molar-refractivity contribution is -0.166. The van der Waals surface area contributed by atoms with Crippen molar-refractivity contribution in [2.45, 2.75) is 45.4 Å². The van der Waals surface area contributed by atoms with E-state index in [4.69, 9.17) is 51.1 Å². The maximum Gasteiger partial charge on any atom is 0.333 e. The van der Waals surface area contributed by atoms with E-state index in [1.807, 2.05) is 6.92 Å². The first kappa shape index (κ1) is 22.3. The van der Waals surface area contributed by atoms with Gasteiger partial charge in [0.25, 0.3) is 0 Å². The summed E-state index contributed by atoms with van der Waals surface area (Å²) in [5.41, 5.74) is 0.106. The number of halogens is 4. The van der Waals surface area contributed by atoms with Gasteiger partial charge in [-0.25, -0.2) is 9.48 Å². The first-order valence-electron chi connectivity index (χ1n) is 9.48. The molecule has 2 aromatic rings. The van der Waals surface area contributed by atoms with Crippen molar-refractivity contribution < 1.29 is 19.1 Å². The number of fused-ring (bicyclic) bond motifs is 4. The van der Waals surface area contributed by atoms with E-state index in [9.17, 15) is 14.4 Å². The molecule has 1 aliphatic carbocycles. The van der Waals surface area contributed by atoms with Crippen molar-refractivity contribution in [3.05, 3.63) is 23.2 Å². The lowest BCUT2D eigenvalue weighted by Crippen LogP contribution is -2.72. The summed E-state index contributed by atoms with van der Waals surface area (Å²) in [5.74, 6) is -1.35. The first-order chi connectivity index (χ1) is 14.9. The molecule has 0 spiro atoms. The van der Waals surface area contributed by atoms with Gasteiger partial charge in [0.2, 0.25) is 15.6 Å². The largest absolute Gasteiger partial charge is 0.459 e. The molecule has 3 heterocycles. The number of aromatic nitrogens is 3. The van der Waals surface area contributed by atoms with E-state index < -0.39 is 38.6 Å². The Bertz CT molecular complexity index is 1170. The zero-order chi connectivity index (χ0) is 23.1. The number of nitrogens with zero attached hydrogens (tertiary/aromatic N) is 4. The summed E-state index contributed by atoms with van der Waals surface area (Å²) in [6.07, 6.45) is 0.444. The monoisotopic (exact) mass is 537 g/mol. The van der Waals surface area contributed by atoms with Crippen molar-refractivity contribution in [2.75, 3.05) is 6.61 Å². The lowest BCUT2D eigenvalue weighted by atomic mass is 10.0. The standard InChI is InChI=1S/C18H15Cl4N5O4S/c1-16-6-17(16,15(30)31-7-18(20,21)22)27-13(29)12(14(27)32-16)23-11(28)5-26-10-3-2-8(19)4-9(10)24-25-26/h2-4,12,14H,5-7H2,1H3,(H,23,28)/t12?,14-,16?,17?/m1/s1. The molecule has 0 bridgehead atoms. The molecule has 0 radical (unpaired) electrons.